The summed E-state index contributed by atoms with van der Waals surface area (Å²) >= 11 is 0. The molecule has 1 unspecified atom stereocenters. The van der Waals surface area contributed by atoms with E-state index in [-0.39, 0.29) is 6.10 Å². The van der Waals surface area contributed by atoms with Crippen molar-refractivity contribution in [1.82, 2.24) is 0 Å². The SMILES string of the molecule is CC(C)OCCN(C)c1cc(C#N)ccc1C(C)O. The van der Waals surface area contributed by atoms with Crippen LogP contribution in [0, 0.1) is 11.3 Å². The molecule has 1 atom stereocenters. The van der Waals surface area contributed by atoms with E-state index in [1.807, 2.05) is 25.8 Å². The Labute approximate surface area is 115 Å². The molecule has 1 N–H and O–H groups in total. The summed E-state index contributed by atoms with van der Waals surface area (Å²) in [4.78, 5) is 2.01. The minimum atomic E-state index is -0.559. The lowest BCUT2D eigenvalue weighted by molar-refractivity contribution is 0.0845. The molecule has 1 aromatic rings. The standard InChI is InChI=1S/C15H22N2O2/c1-11(2)19-8-7-17(4)15-9-13(10-16)5-6-14(15)12(3)18/h5-6,9,11-12,18H,7-8H2,1-4H3. The lowest BCUT2D eigenvalue weighted by Crippen LogP contribution is -2.25. The molecule has 0 saturated carbocycles. The fourth-order valence-corrected chi connectivity index (χ4v) is 1.84. The van der Waals surface area contributed by atoms with Gasteiger partial charge in [-0.15, -0.1) is 0 Å². The largest absolute Gasteiger partial charge is 0.389 e. The predicted molar refractivity (Wildman–Crippen MR) is 76.1 cm³/mol. The third kappa shape index (κ3) is 4.55. The van der Waals surface area contributed by atoms with Crippen LogP contribution in [0.1, 0.15) is 38.0 Å². The summed E-state index contributed by atoms with van der Waals surface area (Å²) in [6, 6.07) is 7.46. The highest BCUT2D eigenvalue weighted by Gasteiger charge is 2.12. The molecule has 0 aliphatic carbocycles. The number of hydrogen-bond donors (Lipinski definition) is 1. The summed E-state index contributed by atoms with van der Waals surface area (Å²) in [5.74, 6) is 0. The second-order valence-corrected chi connectivity index (χ2v) is 4.90. The van der Waals surface area contributed by atoms with Crippen molar-refractivity contribution in [3.05, 3.63) is 29.3 Å². The number of anilines is 1. The summed E-state index contributed by atoms with van der Waals surface area (Å²) in [5, 5.41) is 18.8. The first-order valence-electron chi connectivity index (χ1n) is 6.50. The van der Waals surface area contributed by atoms with Crippen molar-refractivity contribution in [3.8, 4) is 6.07 Å². The van der Waals surface area contributed by atoms with Crippen LogP contribution >= 0.6 is 0 Å². The highest BCUT2D eigenvalue weighted by Crippen LogP contribution is 2.26. The maximum atomic E-state index is 9.79. The number of ether oxygens (including phenoxy) is 1. The lowest BCUT2D eigenvalue weighted by Gasteiger charge is -2.24. The molecule has 4 nitrogen and oxygen atoms in total. The van der Waals surface area contributed by atoms with Crippen LogP contribution in [0.2, 0.25) is 0 Å². The number of benzene rings is 1. The molecule has 0 aromatic heterocycles. The van der Waals surface area contributed by atoms with Crippen molar-refractivity contribution >= 4 is 5.69 Å². The number of nitrogens with zero attached hydrogens (tertiary/aromatic N) is 2. The van der Waals surface area contributed by atoms with Gasteiger partial charge in [0.1, 0.15) is 0 Å². The Kier molecular flexibility index (Phi) is 5.81. The van der Waals surface area contributed by atoms with Crippen molar-refractivity contribution in [2.45, 2.75) is 33.0 Å². The van der Waals surface area contributed by atoms with E-state index < -0.39 is 6.10 Å². The molecule has 104 valence electrons. The first kappa shape index (κ1) is 15.5. The average molecular weight is 262 g/mol. The Morgan fingerprint density at radius 2 is 2.05 bits per heavy atom. The van der Waals surface area contributed by atoms with Crippen molar-refractivity contribution in [3.63, 3.8) is 0 Å². The highest BCUT2D eigenvalue weighted by molar-refractivity contribution is 5.58. The first-order chi connectivity index (χ1) is 8.95. The van der Waals surface area contributed by atoms with Crippen molar-refractivity contribution in [1.29, 1.82) is 5.26 Å². The molecule has 1 aromatic carbocycles. The number of hydrogen-bond acceptors (Lipinski definition) is 4. The highest BCUT2D eigenvalue weighted by atomic mass is 16.5. The topological polar surface area (TPSA) is 56.5 Å². The van der Waals surface area contributed by atoms with E-state index in [9.17, 15) is 5.11 Å². The Balaban J connectivity index is 2.87. The van der Waals surface area contributed by atoms with E-state index in [0.717, 1.165) is 11.3 Å². The van der Waals surface area contributed by atoms with Crippen LogP contribution in [0.25, 0.3) is 0 Å². The second-order valence-electron chi connectivity index (χ2n) is 4.90. The minimum Gasteiger partial charge on any atom is -0.389 e. The number of aliphatic hydroxyl groups excluding tert-OH is 1. The molecule has 0 spiro atoms. The van der Waals surface area contributed by atoms with Crippen LogP contribution in [-0.2, 0) is 4.74 Å². The molecule has 19 heavy (non-hydrogen) atoms. The smallest absolute Gasteiger partial charge is 0.0992 e. The molecule has 0 amide bonds. The van der Waals surface area contributed by atoms with Crippen molar-refractivity contribution in [2.75, 3.05) is 25.1 Å². The molecule has 0 saturated heterocycles. The van der Waals surface area contributed by atoms with Gasteiger partial charge in [0, 0.05) is 24.8 Å². The van der Waals surface area contributed by atoms with E-state index in [4.69, 9.17) is 10.00 Å². The Hall–Kier alpha value is -1.57. The monoisotopic (exact) mass is 262 g/mol. The van der Waals surface area contributed by atoms with Gasteiger partial charge in [-0.3, -0.25) is 0 Å². The van der Waals surface area contributed by atoms with Crippen LogP contribution in [-0.4, -0.2) is 31.4 Å². The molecule has 0 radical (unpaired) electrons. The Morgan fingerprint density at radius 3 is 2.58 bits per heavy atom. The van der Waals surface area contributed by atoms with Gasteiger partial charge in [0.2, 0.25) is 0 Å². The minimum absolute atomic E-state index is 0.204. The fraction of sp³-hybridized carbons (Fsp3) is 0.533. The number of rotatable bonds is 6. The zero-order valence-corrected chi connectivity index (χ0v) is 12.1. The lowest BCUT2D eigenvalue weighted by atomic mass is 10.0. The van der Waals surface area contributed by atoms with Crippen LogP contribution in [0.15, 0.2) is 18.2 Å². The summed E-state index contributed by atoms with van der Waals surface area (Å²) in [5.41, 5.74) is 2.29. The van der Waals surface area contributed by atoms with Gasteiger partial charge in [-0.1, -0.05) is 6.07 Å². The molecule has 0 fully saturated rings. The molecular formula is C15H22N2O2. The molecular weight excluding hydrogens is 240 g/mol. The Bertz CT molecular complexity index is 450. The molecule has 0 aliphatic heterocycles. The van der Waals surface area contributed by atoms with Crippen molar-refractivity contribution < 1.29 is 9.84 Å². The Morgan fingerprint density at radius 1 is 1.37 bits per heavy atom. The summed E-state index contributed by atoms with van der Waals surface area (Å²) < 4.78 is 5.52. The van der Waals surface area contributed by atoms with Gasteiger partial charge in [0.05, 0.1) is 30.4 Å². The molecule has 0 bridgehead atoms. The molecule has 0 aliphatic rings. The fourth-order valence-electron chi connectivity index (χ4n) is 1.84. The van der Waals surface area contributed by atoms with E-state index in [0.29, 0.717) is 18.7 Å². The van der Waals surface area contributed by atoms with Gasteiger partial charge in [0.25, 0.3) is 0 Å². The van der Waals surface area contributed by atoms with Gasteiger partial charge >= 0.3 is 0 Å². The van der Waals surface area contributed by atoms with Gasteiger partial charge in [-0.2, -0.15) is 5.26 Å². The number of aliphatic hydroxyl groups is 1. The van der Waals surface area contributed by atoms with Crippen LogP contribution in [0.3, 0.4) is 0 Å². The second kappa shape index (κ2) is 7.13. The third-order valence-corrected chi connectivity index (χ3v) is 2.90. The van der Waals surface area contributed by atoms with E-state index in [2.05, 4.69) is 6.07 Å². The predicted octanol–water partition coefficient (Wildman–Crippen LogP) is 2.47. The quantitative estimate of drug-likeness (QED) is 0.855. The van der Waals surface area contributed by atoms with Gasteiger partial charge in [0.15, 0.2) is 0 Å². The third-order valence-electron chi connectivity index (χ3n) is 2.90. The number of nitriles is 1. The number of likely N-dealkylation sites (N-methyl/N-ethyl adjacent to an activating group) is 1. The summed E-state index contributed by atoms with van der Waals surface area (Å²) in [6.07, 6.45) is -0.355. The molecule has 0 heterocycles. The van der Waals surface area contributed by atoms with Crippen LogP contribution < -0.4 is 4.90 Å². The van der Waals surface area contributed by atoms with Crippen LogP contribution in [0.4, 0.5) is 5.69 Å². The van der Waals surface area contributed by atoms with E-state index in [1.165, 1.54) is 0 Å². The normalized spacial score (nSPS) is 12.3. The maximum Gasteiger partial charge on any atom is 0.0992 e. The van der Waals surface area contributed by atoms with Crippen LogP contribution in [0.5, 0.6) is 0 Å². The van der Waals surface area contributed by atoms with Gasteiger partial charge in [-0.25, -0.2) is 0 Å². The van der Waals surface area contributed by atoms with Gasteiger partial charge < -0.3 is 14.7 Å². The first-order valence-corrected chi connectivity index (χ1v) is 6.50. The molecule has 1 rings (SSSR count). The van der Waals surface area contributed by atoms with E-state index in [1.54, 1.807) is 25.1 Å². The zero-order valence-electron chi connectivity index (χ0n) is 12.1. The zero-order chi connectivity index (χ0) is 14.4. The van der Waals surface area contributed by atoms with E-state index >= 15 is 0 Å². The maximum absolute atomic E-state index is 9.79. The molecule has 4 heteroatoms. The summed E-state index contributed by atoms with van der Waals surface area (Å²) in [6.45, 7) is 7.05. The summed E-state index contributed by atoms with van der Waals surface area (Å²) in [7, 11) is 1.94. The average Bonchev–Trinajstić information content (AvgIpc) is 2.37. The van der Waals surface area contributed by atoms with Gasteiger partial charge in [-0.05, 0) is 32.9 Å². The van der Waals surface area contributed by atoms with Crippen molar-refractivity contribution in [2.24, 2.45) is 0 Å².